The summed E-state index contributed by atoms with van der Waals surface area (Å²) in [5.41, 5.74) is 1.42. The second kappa shape index (κ2) is 8.15. The van der Waals surface area contributed by atoms with E-state index in [0.29, 0.717) is 13.0 Å². The number of piperidine rings is 1. The van der Waals surface area contributed by atoms with Crippen LogP contribution in [0.25, 0.3) is 10.8 Å². The average Bonchev–Trinajstić information content (AvgIpc) is 2.80. The van der Waals surface area contributed by atoms with Crippen LogP contribution in [0.4, 0.5) is 0 Å². The van der Waals surface area contributed by atoms with Gasteiger partial charge in [0.1, 0.15) is 17.1 Å². The van der Waals surface area contributed by atoms with Crippen LogP contribution in [0.5, 0.6) is 11.5 Å². The van der Waals surface area contributed by atoms with Crippen LogP contribution in [0.2, 0.25) is 0 Å². The van der Waals surface area contributed by atoms with E-state index < -0.39 is 12.2 Å². The first-order chi connectivity index (χ1) is 15.0. The summed E-state index contributed by atoms with van der Waals surface area (Å²) in [6.45, 7) is 2.26. The molecule has 2 aliphatic heterocycles. The van der Waals surface area contributed by atoms with E-state index in [0.717, 1.165) is 53.9 Å². The van der Waals surface area contributed by atoms with Gasteiger partial charge in [-0.25, -0.2) is 0 Å². The summed E-state index contributed by atoms with van der Waals surface area (Å²) < 4.78 is 11.8. The maximum Gasteiger partial charge on any atom is 0.129 e. The van der Waals surface area contributed by atoms with Gasteiger partial charge in [0.05, 0.1) is 19.3 Å². The largest absolute Gasteiger partial charge is 0.497 e. The highest BCUT2D eigenvalue weighted by atomic mass is 16.5. The zero-order valence-electron chi connectivity index (χ0n) is 17.8. The molecule has 0 radical (unpaired) electrons. The third-order valence-electron chi connectivity index (χ3n) is 6.83. The molecule has 2 heterocycles. The highest BCUT2D eigenvalue weighted by molar-refractivity contribution is 5.83. The number of nitrogens with zero attached hydrogens (tertiary/aromatic N) is 1. The van der Waals surface area contributed by atoms with Crippen LogP contribution in [0, 0.1) is 0 Å². The van der Waals surface area contributed by atoms with Crippen molar-refractivity contribution in [2.75, 3.05) is 26.7 Å². The highest BCUT2D eigenvalue weighted by Crippen LogP contribution is 2.45. The number of β-amino-alcohol motifs (C(OH)–C–C–N with tert-alkyl or cyclic N) is 1. The predicted octanol–water partition coefficient (Wildman–Crippen LogP) is 4.23. The fourth-order valence-electron chi connectivity index (χ4n) is 4.96. The monoisotopic (exact) mass is 419 g/mol. The number of aliphatic hydroxyl groups excluding tert-OH is 2. The number of methoxy groups -OCH3 is 1. The van der Waals surface area contributed by atoms with Crippen molar-refractivity contribution in [2.45, 2.75) is 37.1 Å². The number of ether oxygens (including phenoxy) is 2. The topological polar surface area (TPSA) is 62.2 Å². The molecule has 5 rings (SSSR count). The summed E-state index contributed by atoms with van der Waals surface area (Å²) in [6.07, 6.45) is 1.20. The first-order valence-corrected chi connectivity index (χ1v) is 11.0. The van der Waals surface area contributed by atoms with Crippen molar-refractivity contribution >= 4 is 10.8 Å². The molecule has 0 aliphatic carbocycles. The molecule has 162 valence electrons. The van der Waals surface area contributed by atoms with Crippen molar-refractivity contribution in [2.24, 2.45) is 0 Å². The van der Waals surface area contributed by atoms with Crippen molar-refractivity contribution < 1.29 is 19.7 Å². The minimum absolute atomic E-state index is 0.358. The van der Waals surface area contributed by atoms with Gasteiger partial charge in [-0.15, -0.1) is 0 Å². The number of benzene rings is 3. The van der Waals surface area contributed by atoms with E-state index in [2.05, 4.69) is 29.2 Å². The van der Waals surface area contributed by atoms with E-state index in [4.69, 9.17) is 9.47 Å². The van der Waals surface area contributed by atoms with Gasteiger partial charge in [-0.05, 0) is 47.4 Å². The standard InChI is InChI=1S/C26H29NO4/c1-30-21-8-9-22-23(28)16-26(31-25(22)15-21)10-12-27(13-11-26)17-24(29)20-7-6-18-4-2-3-5-19(18)14-20/h2-9,14-15,23-24,28-29H,10-13,16-17H2,1H3/t23-,24+/m1/s1. The minimum Gasteiger partial charge on any atom is -0.497 e. The SMILES string of the molecule is COc1ccc2c(c1)OC1(CCN(C[C@H](O)c3ccc4ccccc4c3)CC1)C[C@H]2O. The Hall–Kier alpha value is -2.60. The van der Waals surface area contributed by atoms with Crippen molar-refractivity contribution in [3.63, 3.8) is 0 Å². The third kappa shape index (κ3) is 4.01. The lowest BCUT2D eigenvalue weighted by Gasteiger charge is -2.46. The zero-order valence-corrected chi connectivity index (χ0v) is 17.8. The zero-order chi connectivity index (χ0) is 21.4. The maximum atomic E-state index is 10.8. The Kier molecular flexibility index (Phi) is 5.34. The second-order valence-electron chi connectivity index (χ2n) is 8.83. The number of hydrogen-bond donors (Lipinski definition) is 2. The molecule has 1 spiro atoms. The molecule has 3 aromatic carbocycles. The van der Waals surface area contributed by atoms with Crippen LogP contribution >= 0.6 is 0 Å². The van der Waals surface area contributed by atoms with Crippen LogP contribution in [-0.2, 0) is 0 Å². The van der Waals surface area contributed by atoms with Gasteiger partial charge in [-0.3, -0.25) is 0 Å². The van der Waals surface area contributed by atoms with Crippen LogP contribution in [-0.4, -0.2) is 47.5 Å². The fraction of sp³-hybridized carbons (Fsp3) is 0.385. The van der Waals surface area contributed by atoms with E-state index in [1.165, 1.54) is 5.39 Å². The molecule has 0 aromatic heterocycles. The van der Waals surface area contributed by atoms with Crippen molar-refractivity contribution in [1.29, 1.82) is 0 Å². The Morgan fingerprint density at radius 2 is 1.84 bits per heavy atom. The summed E-state index contributed by atoms with van der Waals surface area (Å²) in [4.78, 5) is 2.29. The molecule has 0 amide bonds. The van der Waals surface area contributed by atoms with Gasteiger partial charge in [-0.2, -0.15) is 0 Å². The third-order valence-corrected chi connectivity index (χ3v) is 6.83. The second-order valence-corrected chi connectivity index (χ2v) is 8.83. The molecule has 5 heteroatoms. The molecule has 0 saturated carbocycles. The summed E-state index contributed by atoms with van der Waals surface area (Å²) >= 11 is 0. The molecule has 1 saturated heterocycles. The highest BCUT2D eigenvalue weighted by Gasteiger charge is 2.43. The lowest BCUT2D eigenvalue weighted by Crippen LogP contribution is -2.51. The quantitative estimate of drug-likeness (QED) is 0.663. The first-order valence-electron chi connectivity index (χ1n) is 11.0. The summed E-state index contributed by atoms with van der Waals surface area (Å²) in [5, 5.41) is 23.9. The Bertz CT molecular complexity index is 1070. The van der Waals surface area contributed by atoms with Gasteiger partial charge in [0.25, 0.3) is 0 Å². The maximum absolute atomic E-state index is 10.8. The lowest BCUT2D eigenvalue weighted by molar-refractivity contribution is -0.0588. The molecule has 2 aliphatic rings. The van der Waals surface area contributed by atoms with Crippen LogP contribution in [0.15, 0.2) is 60.7 Å². The Morgan fingerprint density at radius 1 is 1.06 bits per heavy atom. The summed E-state index contributed by atoms with van der Waals surface area (Å²) in [7, 11) is 1.64. The number of likely N-dealkylation sites (tertiary alicyclic amines) is 1. The molecule has 31 heavy (non-hydrogen) atoms. The molecule has 0 bridgehead atoms. The molecule has 5 nitrogen and oxygen atoms in total. The molecule has 2 N–H and O–H groups in total. The van der Waals surface area contributed by atoms with Gasteiger partial charge in [-0.1, -0.05) is 36.4 Å². The van der Waals surface area contributed by atoms with Crippen molar-refractivity contribution in [3.05, 3.63) is 71.8 Å². The average molecular weight is 420 g/mol. The smallest absolute Gasteiger partial charge is 0.129 e. The van der Waals surface area contributed by atoms with Gasteiger partial charge < -0.3 is 24.6 Å². The Labute approximate surface area is 182 Å². The van der Waals surface area contributed by atoms with Crippen LogP contribution < -0.4 is 9.47 Å². The molecular formula is C26H29NO4. The van der Waals surface area contributed by atoms with E-state index in [1.807, 2.05) is 36.4 Å². The number of rotatable bonds is 4. The number of aliphatic hydroxyl groups is 2. The molecule has 0 unspecified atom stereocenters. The Balaban J connectivity index is 1.24. The number of fused-ring (bicyclic) bond motifs is 2. The Morgan fingerprint density at radius 3 is 2.61 bits per heavy atom. The van der Waals surface area contributed by atoms with Crippen LogP contribution in [0.3, 0.4) is 0 Å². The van der Waals surface area contributed by atoms with E-state index >= 15 is 0 Å². The van der Waals surface area contributed by atoms with Crippen molar-refractivity contribution in [1.82, 2.24) is 4.90 Å². The molecule has 1 fully saturated rings. The molecular weight excluding hydrogens is 390 g/mol. The number of hydrogen-bond acceptors (Lipinski definition) is 5. The van der Waals surface area contributed by atoms with E-state index in [9.17, 15) is 10.2 Å². The van der Waals surface area contributed by atoms with Gasteiger partial charge >= 0.3 is 0 Å². The lowest BCUT2D eigenvalue weighted by atomic mass is 9.81. The summed E-state index contributed by atoms with van der Waals surface area (Å²) in [5.74, 6) is 1.46. The molecule has 3 aromatic rings. The van der Waals surface area contributed by atoms with Gasteiger partial charge in [0.15, 0.2) is 0 Å². The van der Waals surface area contributed by atoms with Crippen molar-refractivity contribution in [3.8, 4) is 11.5 Å². The van der Waals surface area contributed by atoms with Gasteiger partial charge in [0, 0.05) is 37.7 Å². The predicted molar refractivity (Wildman–Crippen MR) is 121 cm³/mol. The van der Waals surface area contributed by atoms with Gasteiger partial charge in [0.2, 0.25) is 0 Å². The summed E-state index contributed by atoms with van der Waals surface area (Å²) in [6, 6.07) is 20.0. The van der Waals surface area contributed by atoms with E-state index in [1.54, 1.807) is 7.11 Å². The first kappa shape index (κ1) is 20.3. The molecule has 2 atom stereocenters. The van der Waals surface area contributed by atoms with Crippen LogP contribution in [0.1, 0.15) is 42.6 Å². The van der Waals surface area contributed by atoms with E-state index in [-0.39, 0.29) is 5.60 Å². The normalized spacial score (nSPS) is 21.5. The fourth-order valence-corrected chi connectivity index (χ4v) is 4.96. The minimum atomic E-state index is -0.526.